The van der Waals surface area contributed by atoms with Gasteiger partial charge in [0.25, 0.3) is 0 Å². The molecule has 0 spiro atoms. The van der Waals surface area contributed by atoms with E-state index in [-0.39, 0.29) is 22.8 Å². The maximum absolute atomic E-state index is 13.4. The van der Waals surface area contributed by atoms with Crippen LogP contribution in [0, 0.1) is 30.2 Å². The largest absolute Gasteiger partial charge is 0.316 e. The number of anilines is 1. The second-order valence-corrected chi connectivity index (χ2v) is 12.9. The van der Waals surface area contributed by atoms with E-state index in [1.54, 1.807) is 0 Å². The van der Waals surface area contributed by atoms with Gasteiger partial charge in [0.05, 0.1) is 6.04 Å². The third kappa shape index (κ3) is 5.97. The number of rotatable bonds is 9. The Kier molecular flexibility index (Phi) is 7.15. The highest BCUT2D eigenvalue weighted by Gasteiger charge is 2.36. The van der Waals surface area contributed by atoms with Crippen molar-refractivity contribution in [3.05, 3.63) is 45.8 Å². The predicted octanol–water partition coefficient (Wildman–Crippen LogP) is 3.66. The first kappa shape index (κ1) is 24.9. The number of thiophene rings is 1. The van der Waals surface area contributed by atoms with Crippen LogP contribution in [0.25, 0.3) is 0 Å². The van der Waals surface area contributed by atoms with Crippen LogP contribution in [-0.4, -0.2) is 32.7 Å². The van der Waals surface area contributed by atoms with Crippen molar-refractivity contribution < 1.29 is 13.2 Å². The Morgan fingerprint density at radius 2 is 1.92 bits per heavy atom. The summed E-state index contributed by atoms with van der Waals surface area (Å²) in [6.07, 6.45) is 8.17. The summed E-state index contributed by atoms with van der Waals surface area (Å²) in [6, 6.07) is 7.94. The third-order valence-corrected chi connectivity index (χ3v) is 9.80. The first-order chi connectivity index (χ1) is 17.3. The molecule has 3 N–H and O–H groups in total. The molecule has 0 saturated heterocycles. The van der Waals surface area contributed by atoms with Gasteiger partial charge in [-0.3, -0.25) is 15.1 Å². The number of fused-ring (bicyclic) bond motifs is 1. The molecule has 3 aliphatic rings. The minimum atomic E-state index is -3.78. The second kappa shape index (κ2) is 10.3. The van der Waals surface area contributed by atoms with Gasteiger partial charge in [0, 0.05) is 23.8 Å². The van der Waals surface area contributed by atoms with Crippen molar-refractivity contribution >= 4 is 38.1 Å². The van der Waals surface area contributed by atoms with E-state index in [9.17, 15) is 18.5 Å². The lowest BCUT2D eigenvalue weighted by atomic mass is 9.94. The number of nitrogens with one attached hydrogen (secondary N) is 3. The van der Waals surface area contributed by atoms with Gasteiger partial charge in [0.1, 0.15) is 15.7 Å². The van der Waals surface area contributed by atoms with Crippen LogP contribution in [0.2, 0.25) is 0 Å². The molecule has 1 aromatic carbocycles. The van der Waals surface area contributed by atoms with Gasteiger partial charge < -0.3 is 5.32 Å². The molecular formula is C26H31N5O3S2. The summed E-state index contributed by atoms with van der Waals surface area (Å²) in [5.74, 6) is 0.860. The minimum Gasteiger partial charge on any atom is -0.316 e. The molecule has 10 heteroatoms. The van der Waals surface area contributed by atoms with Crippen LogP contribution in [0.1, 0.15) is 53.7 Å². The van der Waals surface area contributed by atoms with E-state index in [4.69, 9.17) is 4.99 Å². The van der Waals surface area contributed by atoms with Gasteiger partial charge >= 0.3 is 0 Å². The van der Waals surface area contributed by atoms with E-state index in [2.05, 4.69) is 15.4 Å². The molecule has 190 valence electrons. The molecule has 1 amide bonds. The van der Waals surface area contributed by atoms with Crippen molar-refractivity contribution in [2.45, 2.75) is 69.2 Å². The lowest BCUT2D eigenvalue weighted by Gasteiger charge is -2.21. The van der Waals surface area contributed by atoms with Crippen molar-refractivity contribution in [2.24, 2.45) is 16.8 Å². The number of amidine groups is 1. The van der Waals surface area contributed by atoms with Gasteiger partial charge in [0.2, 0.25) is 15.9 Å². The molecule has 2 aromatic rings. The van der Waals surface area contributed by atoms with E-state index < -0.39 is 10.0 Å². The lowest BCUT2D eigenvalue weighted by Crippen LogP contribution is -2.29. The predicted molar refractivity (Wildman–Crippen MR) is 140 cm³/mol. The molecule has 5 rings (SSSR count). The molecule has 1 unspecified atom stereocenters. The maximum atomic E-state index is 13.4. The zero-order valence-corrected chi connectivity index (χ0v) is 22.0. The summed E-state index contributed by atoms with van der Waals surface area (Å²) < 4.78 is 29.7. The molecule has 1 atom stereocenters. The van der Waals surface area contributed by atoms with Gasteiger partial charge in [-0.25, -0.2) is 13.1 Å². The average molecular weight is 526 g/mol. The normalized spacial score (nSPS) is 19.9. The highest BCUT2D eigenvalue weighted by molar-refractivity contribution is 7.90. The van der Waals surface area contributed by atoms with Gasteiger partial charge in [-0.2, -0.15) is 5.26 Å². The lowest BCUT2D eigenvalue weighted by molar-refractivity contribution is -0.117. The third-order valence-electron chi connectivity index (χ3n) is 6.93. The Labute approximate surface area is 216 Å². The second-order valence-electron chi connectivity index (χ2n) is 10.1. The molecule has 2 fully saturated rings. The summed E-state index contributed by atoms with van der Waals surface area (Å²) in [6.45, 7) is 2.45. The number of sulfonamides is 1. The first-order valence-electron chi connectivity index (χ1n) is 12.5. The molecule has 8 nitrogen and oxygen atoms in total. The van der Waals surface area contributed by atoms with Crippen molar-refractivity contribution in [2.75, 3.05) is 11.9 Å². The first-order valence-corrected chi connectivity index (χ1v) is 14.8. The smallest absolute Gasteiger partial charge is 0.243 e. The molecule has 0 aliphatic heterocycles. The van der Waals surface area contributed by atoms with E-state index in [1.807, 2.05) is 37.4 Å². The summed E-state index contributed by atoms with van der Waals surface area (Å²) in [5, 5.41) is 15.3. The fraction of sp³-hybridized carbons (Fsp3) is 0.500. The van der Waals surface area contributed by atoms with Crippen LogP contribution in [0.15, 0.2) is 34.2 Å². The van der Waals surface area contributed by atoms with Crippen LogP contribution in [0.4, 0.5) is 5.00 Å². The van der Waals surface area contributed by atoms with Gasteiger partial charge in [-0.15, -0.1) is 11.3 Å². The number of hydrogen-bond donors (Lipinski definition) is 3. The minimum absolute atomic E-state index is 0.0159. The molecule has 2 saturated carbocycles. The number of nitriles is 1. The van der Waals surface area contributed by atoms with Crippen LogP contribution >= 0.6 is 11.3 Å². The Morgan fingerprint density at radius 1 is 1.17 bits per heavy atom. The Hall–Kier alpha value is -2.74. The van der Waals surface area contributed by atoms with Crippen molar-refractivity contribution in [1.29, 1.82) is 5.26 Å². The summed E-state index contributed by atoms with van der Waals surface area (Å²) in [4.78, 5) is 18.6. The van der Waals surface area contributed by atoms with E-state index in [0.29, 0.717) is 42.6 Å². The number of amides is 1. The Bertz CT molecular complexity index is 1320. The molecule has 1 heterocycles. The fourth-order valence-electron chi connectivity index (χ4n) is 4.50. The summed E-state index contributed by atoms with van der Waals surface area (Å²) in [7, 11) is -3.78. The topological polar surface area (TPSA) is 123 Å². The van der Waals surface area contributed by atoms with Gasteiger partial charge in [0.15, 0.2) is 6.19 Å². The molecule has 0 bridgehead atoms. The standard InChI is InChI=1S/C26H31N5O3S2/c1-16-2-4-17(5-3-16)12-23(28-15-27)30-20-10-11-22-21(13-20)24(36(33,34)29-14-18-6-7-18)26(35-22)31-25(32)19-8-9-19/h2-5,18-20,29H,6-14H2,1H3,(H,28,30)(H,31,32). The fourth-order valence-corrected chi connectivity index (χ4v) is 7.59. The van der Waals surface area contributed by atoms with Crippen LogP contribution in [0.5, 0.6) is 0 Å². The Morgan fingerprint density at radius 3 is 2.58 bits per heavy atom. The molecule has 3 aliphatic carbocycles. The highest BCUT2D eigenvalue weighted by Crippen LogP contribution is 2.43. The molecule has 1 aromatic heterocycles. The van der Waals surface area contributed by atoms with Gasteiger partial charge in [-0.05, 0) is 68.9 Å². The summed E-state index contributed by atoms with van der Waals surface area (Å²) >= 11 is 1.38. The number of aryl methyl sites for hydroxylation is 2. The zero-order valence-electron chi connectivity index (χ0n) is 20.3. The monoisotopic (exact) mass is 525 g/mol. The maximum Gasteiger partial charge on any atom is 0.243 e. The molecular weight excluding hydrogens is 494 g/mol. The number of carbonyl (C=O) groups is 1. The summed E-state index contributed by atoms with van der Waals surface area (Å²) in [5.41, 5.74) is 2.96. The van der Waals surface area contributed by atoms with Crippen molar-refractivity contribution in [3.63, 3.8) is 0 Å². The van der Waals surface area contributed by atoms with Crippen molar-refractivity contribution in [1.82, 2.24) is 10.0 Å². The highest BCUT2D eigenvalue weighted by atomic mass is 32.2. The van der Waals surface area contributed by atoms with E-state index in [1.165, 1.54) is 11.3 Å². The van der Waals surface area contributed by atoms with Crippen LogP contribution in [0.3, 0.4) is 0 Å². The average Bonchev–Trinajstić information content (AvgIpc) is 3.76. The molecule has 0 radical (unpaired) electrons. The van der Waals surface area contributed by atoms with E-state index in [0.717, 1.165) is 53.7 Å². The Balaban J connectivity index is 1.41. The zero-order chi connectivity index (χ0) is 25.3. The van der Waals surface area contributed by atoms with Crippen LogP contribution < -0.4 is 15.4 Å². The SMILES string of the molecule is Cc1ccc(CC(=NC2CCc3sc(NC(=O)C4CC4)c(S(=O)(=O)NCC4CC4)c3C2)NC#N)cc1. The van der Waals surface area contributed by atoms with Crippen LogP contribution in [-0.2, 0) is 34.1 Å². The molecule has 36 heavy (non-hydrogen) atoms. The number of aliphatic imine (C=N–C) groups is 1. The number of hydrogen-bond acceptors (Lipinski definition) is 6. The number of carbonyl (C=O) groups excluding carboxylic acids is 1. The quantitative estimate of drug-likeness (QED) is 0.200. The van der Waals surface area contributed by atoms with Crippen molar-refractivity contribution in [3.8, 4) is 6.19 Å². The number of nitrogens with zero attached hydrogens (tertiary/aromatic N) is 2. The van der Waals surface area contributed by atoms with Gasteiger partial charge in [-0.1, -0.05) is 29.8 Å². The van der Waals surface area contributed by atoms with E-state index >= 15 is 0 Å². The number of benzene rings is 1.